The molecule has 1 N–H and O–H groups in total. The van der Waals surface area contributed by atoms with Crippen LogP contribution in [0.15, 0.2) is 18.3 Å². The fourth-order valence-corrected chi connectivity index (χ4v) is 3.88. The molecule has 1 amide bonds. The zero-order chi connectivity index (χ0) is 17.6. The third-order valence-corrected chi connectivity index (χ3v) is 5.47. The first-order valence-electron chi connectivity index (χ1n) is 9.58. The van der Waals surface area contributed by atoms with E-state index in [1.165, 1.54) is 19.3 Å². The largest absolute Gasteiger partial charge is 0.395 e. The van der Waals surface area contributed by atoms with Gasteiger partial charge in [0, 0.05) is 51.5 Å². The SMILES string of the molecule is CCC(CO)N1CCN(C(=O)c2cccnc2N2CCCCC2)CC1. The monoisotopic (exact) mass is 346 g/mol. The highest BCUT2D eigenvalue weighted by atomic mass is 16.3. The third kappa shape index (κ3) is 4.12. The smallest absolute Gasteiger partial charge is 0.257 e. The Morgan fingerprint density at radius 1 is 1.16 bits per heavy atom. The fourth-order valence-electron chi connectivity index (χ4n) is 3.88. The molecule has 6 nitrogen and oxygen atoms in total. The molecule has 1 unspecified atom stereocenters. The van der Waals surface area contributed by atoms with Crippen LogP contribution in [0.5, 0.6) is 0 Å². The number of anilines is 1. The number of hydrogen-bond acceptors (Lipinski definition) is 5. The Balaban J connectivity index is 1.68. The van der Waals surface area contributed by atoms with Crippen LogP contribution in [0.1, 0.15) is 43.0 Å². The molecule has 25 heavy (non-hydrogen) atoms. The highest BCUT2D eigenvalue weighted by Crippen LogP contribution is 2.23. The van der Waals surface area contributed by atoms with Crippen molar-refractivity contribution in [2.75, 3.05) is 50.8 Å². The Morgan fingerprint density at radius 2 is 1.88 bits per heavy atom. The van der Waals surface area contributed by atoms with Crippen LogP contribution < -0.4 is 4.90 Å². The van der Waals surface area contributed by atoms with Gasteiger partial charge in [-0.3, -0.25) is 9.69 Å². The van der Waals surface area contributed by atoms with Crippen LogP contribution >= 0.6 is 0 Å². The quantitative estimate of drug-likeness (QED) is 0.878. The summed E-state index contributed by atoms with van der Waals surface area (Å²) in [6.07, 6.45) is 6.32. The number of rotatable bonds is 5. The molecule has 1 aromatic rings. The summed E-state index contributed by atoms with van der Waals surface area (Å²) in [5, 5.41) is 9.48. The Morgan fingerprint density at radius 3 is 2.52 bits per heavy atom. The van der Waals surface area contributed by atoms with E-state index in [9.17, 15) is 9.90 Å². The number of aliphatic hydroxyl groups is 1. The molecule has 3 rings (SSSR count). The summed E-state index contributed by atoms with van der Waals surface area (Å²) in [5.74, 6) is 0.932. The van der Waals surface area contributed by atoms with Crippen molar-refractivity contribution < 1.29 is 9.90 Å². The highest BCUT2D eigenvalue weighted by Gasteiger charge is 2.28. The highest BCUT2D eigenvalue weighted by molar-refractivity contribution is 5.99. The molecule has 0 bridgehead atoms. The average Bonchev–Trinajstić information content (AvgIpc) is 2.69. The van der Waals surface area contributed by atoms with Crippen LogP contribution in [-0.2, 0) is 0 Å². The van der Waals surface area contributed by atoms with E-state index in [1.54, 1.807) is 6.20 Å². The lowest BCUT2D eigenvalue weighted by atomic mass is 10.1. The number of amides is 1. The molecular formula is C19H30N4O2. The summed E-state index contributed by atoms with van der Waals surface area (Å²) in [5.41, 5.74) is 0.729. The molecule has 0 saturated carbocycles. The normalized spacial score (nSPS) is 20.6. The van der Waals surface area contributed by atoms with E-state index >= 15 is 0 Å². The van der Waals surface area contributed by atoms with Crippen molar-refractivity contribution in [3.8, 4) is 0 Å². The lowest BCUT2D eigenvalue weighted by Gasteiger charge is -2.39. The van der Waals surface area contributed by atoms with Crippen molar-refractivity contribution in [1.29, 1.82) is 0 Å². The van der Waals surface area contributed by atoms with E-state index in [2.05, 4.69) is 21.7 Å². The Labute approximate surface area is 150 Å². The zero-order valence-corrected chi connectivity index (χ0v) is 15.2. The molecule has 2 saturated heterocycles. The molecule has 0 aromatic carbocycles. The van der Waals surface area contributed by atoms with Gasteiger partial charge < -0.3 is 14.9 Å². The first-order chi connectivity index (χ1) is 12.2. The Kier molecular flexibility index (Phi) is 6.26. The second kappa shape index (κ2) is 8.63. The van der Waals surface area contributed by atoms with E-state index in [0.717, 1.165) is 44.0 Å². The van der Waals surface area contributed by atoms with E-state index in [-0.39, 0.29) is 18.6 Å². The van der Waals surface area contributed by atoms with Gasteiger partial charge in [-0.2, -0.15) is 0 Å². The maximum absolute atomic E-state index is 13.1. The van der Waals surface area contributed by atoms with Gasteiger partial charge in [0.2, 0.25) is 0 Å². The lowest BCUT2D eigenvalue weighted by molar-refractivity contribution is 0.0472. The number of pyridine rings is 1. The predicted octanol–water partition coefficient (Wildman–Crippen LogP) is 1.60. The van der Waals surface area contributed by atoms with E-state index in [1.807, 2.05) is 17.0 Å². The van der Waals surface area contributed by atoms with Crippen molar-refractivity contribution in [3.05, 3.63) is 23.9 Å². The summed E-state index contributed by atoms with van der Waals surface area (Å²) in [4.78, 5) is 24.1. The minimum absolute atomic E-state index is 0.0883. The second-order valence-corrected chi connectivity index (χ2v) is 7.00. The summed E-state index contributed by atoms with van der Waals surface area (Å²) >= 11 is 0. The van der Waals surface area contributed by atoms with Gasteiger partial charge in [-0.05, 0) is 37.8 Å². The lowest BCUT2D eigenvalue weighted by Crippen LogP contribution is -2.52. The summed E-state index contributed by atoms with van der Waals surface area (Å²) < 4.78 is 0. The minimum atomic E-state index is 0.0883. The topological polar surface area (TPSA) is 59.9 Å². The number of carbonyl (C=O) groups excluding carboxylic acids is 1. The number of piperidine rings is 1. The first-order valence-corrected chi connectivity index (χ1v) is 9.58. The average molecular weight is 346 g/mol. The van der Waals surface area contributed by atoms with Crippen LogP contribution in [0, 0.1) is 0 Å². The van der Waals surface area contributed by atoms with Crippen molar-refractivity contribution >= 4 is 11.7 Å². The maximum atomic E-state index is 13.1. The Bertz CT molecular complexity index is 562. The van der Waals surface area contributed by atoms with Crippen LogP contribution in [0.3, 0.4) is 0 Å². The molecule has 0 spiro atoms. The van der Waals surface area contributed by atoms with E-state index in [4.69, 9.17) is 0 Å². The maximum Gasteiger partial charge on any atom is 0.257 e. The van der Waals surface area contributed by atoms with Crippen molar-refractivity contribution in [3.63, 3.8) is 0 Å². The van der Waals surface area contributed by atoms with E-state index in [0.29, 0.717) is 13.1 Å². The number of aromatic nitrogens is 1. The van der Waals surface area contributed by atoms with Crippen LogP contribution in [0.25, 0.3) is 0 Å². The van der Waals surface area contributed by atoms with Crippen LogP contribution in [0.4, 0.5) is 5.82 Å². The molecule has 2 aliphatic heterocycles. The molecule has 1 aromatic heterocycles. The standard InChI is InChI=1S/C19H30N4O2/c1-2-16(15-24)21-11-13-23(14-12-21)19(25)17-7-6-8-20-18(17)22-9-4-3-5-10-22/h6-8,16,24H,2-5,9-15H2,1H3. The number of piperazine rings is 1. The van der Waals surface area contributed by atoms with Crippen molar-refractivity contribution in [1.82, 2.24) is 14.8 Å². The molecule has 0 radical (unpaired) electrons. The number of aliphatic hydroxyl groups excluding tert-OH is 1. The molecule has 0 aliphatic carbocycles. The van der Waals surface area contributed by atoms with Gasteiger partial charge in [-0.25, -0.2) is 4.98 Å². The third-order valence-electron chi connectivity index (χ3n) is 5.47. The summed E-state index contributed by atoms with van der Waals surface area (Å²) in [7, 11) is 0. The van der Waals surface area contributed by atoms with E-state index < -0.39 is 0 Å². The van der Waals surface area contributed by atoms with Gasteiger partial charge in [-0.1, -0.05) is 6.92 Å². The molecular weight excluding hydrogens is 316 g/mol. The molecule has 2 fully saturated rings. The van der Waals surface area contributed by atoms with Crippen LogP contribution in [-0.4, -0.2) is 77.7 Å². The number of nitrogens with zero attached hydrogens (tertiary/aromatic N) is 4. The molecule has 2 aliphatic rings. The van der Waals surface area contributed by atoms with Gasteiger partial charge in [0.25, 0.3) is 5.91 Å². The number of hydrogen-bond donors (Lipinski definition) is 1. The molecule has 3 heterocycles. The second-order valence-electron chi connectivity index (χ2n) is 7.00. The van der Waals surface area contributed by atoms with Gasteiger partial charge in [-0.15, -0.1) is 0 Å². The van der Waals surface area contributed by atoms with Gasteiger partial charge in [0.05, 0.1) is 12.2 Å². The van der Waals surface area contributed by atoms with Gasteiger partial charge >= 0.3 is 0 Å². The van der Waals surface area contributed by atoms with Gasteiger partial charge in [0.1, 0.15) is 5.82 Å². The number of carbonyl (C=O) groups is 1. The minimum Gasteiger partial charge on any atom is -0.395 e. The van der Waals surface area contributed by atoms with Gasteiger partial charge in [0.15, 0.2) is 0 Å². The van der Waals surface area contributed by atoms with Crippen molar-refractivity contribution in [2.24, 2.45) is 0 Å². The predicted molar refractivity (Wildman–Crippen MR) is 98.9 cm³/mol. The van der Waals surface area contributed by atoms with Crippen LogP contribution in [0.2, 0.25) is 0 Å². The fraction of sp³-hybridized carbons (Fsp3) is 0.684. The molecule has 6 heteroatoms. The molecule has 138 valence electrons. The summed E-state index contributed by atoms with van der Waals surface area (Å²) in [6.45, 7) is 7.33. The Hall–Kier alpha value is -1.66. The molecule has 1 atom stereocenters. The van der Waals surface area contributed by atoms with Crippen molar-refractivity contribution in [2.45, 2.75) is 38.6 Å². The summed E-state index contributed by atoms with van der Waals surface area (Å²) in [6, 6.07) is 3.98. The zero-order valence-electron chi connectivity index (χ0n) is 15.2. The first kappa shape index (κ1) is 18.1.